The summed E-state index contributed by atoms with van der Waals surface area (Å²) in [6.45, 7) is 4.30. The van der Waals surface area contributed by atoms with Crippen molar-refractivity contribution in [3.05, 3.63) is 65.1 Å². The Bertz CT molecular complexity index is 854. The minimum absolute atomic E-state index is 0.158. The van der Waals surface area contributed by atoms with Crippen LogP contribution in [-0.2, 0) is 11.3 Å². The maximum Gasteiger partial charge on any atom is 0.250 e. The number of hydrogen-bond acceptors (Lipinski definition) is 3. The molecule has 3 aromatic rings. The molecule has 124 valence electrons. The molecule has 0 aliphatic rings. The normalized spacial score (nSPS) is 12.1. The molecule has 0 fully saturated rings. The summed E-state index contributed by atoms with van der Waals surface area (Å²) in [6, 6.07) is 10.8. The third-order valence-electron chi connectivity index (χ3n) is 3.74. The van der Waals surface area contributed by atoms with E-state index < -0.39 is 6.04 Å². The molecule has 3 rings (SSSR count). The number of halogens is 1. The Morgan fingerprint density at radius 1 is 1.33 bits per heavy atom. The summed E-state index contributed by atoms with van der Waals surface area (Å²) >= 11 is 5.99. The first-order chi connectivity index (χ1) is 11.5. The third kappa shape index (κ3) is 3.65. The van der Waals surface area contributed by atoms with Crippen molar-refractivity contribution in [2.24, 2.45) is 0 Å². The highest BCUT2D eigenvalue weighted by molar-refractivity contribution is 6.30. The lowest BCUT2D eigenvalue weighted by atomic mass is 10.2. The fourth-order valence-corrected chi connectivity index (χ4v) is 2.68. The van der Waals surface area contributed by atoms with E-state index in [0.717, 1.165) is 11.3 Å². The third-order valence-corrected chi connectivity index (χ3v) is 3.98. The van der Waals surface area contributed by atoms with E-state index >= 15 is 0 Å². The zero-order valence-corrected chi connectivity index (χ0v) is 14.2. The summed E-state index contributed by atoms with van der Waals surface area (Å²) in [5.41, 5.74) is 1.98. The molecule has 6 nitrogen and oxygen atoms in total. The van der Waals surface area contributed by atoms with Crippen LogP contribution in [0.3, 0.4) is 0 Å². The Hall–Kier alpha value is -2.60. The number of aryl methyl sites for hydroxylation is 1. The van der Waals surface area contributed by atoms with Crippen LogP contribution < -0.4 is 5.32 Å². The highest BCUT2D eigenvalue weighted by atomic mass is 35.5. The van der Waals surface area contributed by atoms with Gasteiger partial charge >= 0.3 is 0 Å². The van der Waals surface area contributed by atoms with Crippen molar-refractivity contribution in [2.75, 3.05) is 5.32 Å². The minimum Gasteiger partial charge on any atom is -0.307 e. The lowest BCUT2D eigenvalue weighted by Gasteiger charge is -2.13. The predicted octanol–water partition coefficient (Wildman–Crippen LogP) is 3.29. The van der Waals surface area contributed by atoms with Crippen molar-refractivity contribution in [3.8, 4) is 0 Å². The largest absolute Gasteiger partial charge is 0.307 e. The molecule has 1 N–H and O–H groups in total. The number of carbonyl (C=O) groups is 1. The quantitative estimate of drug-likeness (QED) is 0.773. The molecule has 1 atom stereocenters. The molecule has 7 heteroatoms. The van der Waals surface area contributed by atoms with Crippen LogP contribution >= 0.6 is 11.6 Å². The average Bonchev–Trinajstić information content (AvgIpc) is 3.15. The molecule has 1 amide bonds. The minimum atomic E-state index is -0.405. The second-order valence-electron chi connectivity index (χ2n) is 5.61. The molecule has 0 bridgehead atoms. The van der Waals surface area contributed by atoms with Gasteiger partial charge in [-0.15, -0.1) is 0 Å². The van der Waals surface area contributed by atoms with Crippen molar-refractivity contribution in [1.29, 1.82) is 0 Å². The van der Waals surface area contributed by atoms with Gasteiger partial charge in [0.05, 0.1) is 6.54 Å². The van der Waals surface area contributed by atoms with E-state index in [9.17, 15) is 4.79 Å². The van der Waals surface area contributed by atoms with E-state index in [0.29, 0.717) is 17.4 Å². The van der Waals surface area contributed by atoms with Crippen LogP contribution in [0.25, 0.3) is 0 Å². The van der Waals surface area contributed by atoms with Crippen molar-refractivity contribution < 1.29 is 4.79 Å². The van der Waals surface area contributed by atoms with Crippen LogP contribution in [0, 0.1) is 6.92 Å². The van der Waals surface area contributed by atoms with E-state index in [1.54, 1.807) is 28.6 Å². The number of anilines is 1. The fourth-order valence-electron chi connectivity index (χ4n) is 2.47. The van der Waals surface area contributed by atoms with Crippen molar-refractivity contribution >= 4 is 23.3 Å². The lowest BCUT2D eigenvalue weighted by Crippen LogP contribution is -2.25. The number of rotatable bonds is 5. The van der Waals surface area contributed by atoms with E-state index in [4.69, 9.17) is 11.6 Å². The predicted molar refractivity (Wildman–Crippen MR) is 93.1 cm³/mol. The molecule has 0 aliphatic carbocycles. The number of carbonyl (C=O) groups excluding carboxylic acids is 1. The van der Waals surface area contributed by atoms with Crippen molar-refractivity contribution in [2.45, 2.75) is 26.4 Å². The van der Waals surface area contributed by atoms with Crippen LogP contribution in [0.2, 0.25) is 5.02 Å². The summed E-state index contributed by atoms with van der Waals surface area (Å²) in [6.07, 6.45) is 3.50. The van der Waals surface area contributed by atoms with Gasteiger partial charge in [-0.1, -0.05) is 23.7 Å². The standard InChI is InChI=1S/C17H18ClN5O/c1-12-6-8-19-23(12)13(2)17(24)20-16-7-9-22(21-16)11-14-4-3-5-15(18)10-14/h3-10,13H,11H2,1-2H3,(H,20,21,24). The molecule has 1 unspecified atom stereocenters. The monoisotopic (exact) mass is 343 g/mol. The van der Waals surface area contributed by atoms with Gasteiger partial charge in [0.15, 0.2) is 5.82 Å². The number of amides is 1. The van der Waals surface area contributed by atoms with E-state index in [1.165, 1.54) is 0 Å². The van der Waals surface area contributed by atoms with Crippen LogP contribution in [-0.4, -0.2) is 25.5 Å². The first-order valence-corrected chi connectivity index (χ1v) is 7.99. The molecule has 0 aliphatic heterocycles. The Morgan fingerprint density at radius 2 is 2.17 bits per heavy atom. The Kier molecular flexibility index (Phi) is 4.66. The maximum absolute atomic E-state index is 12.3. The van der Waals surface area contributed by atoms with Gasteiger partial charge < -0.3 is 5.32 Å². The van der Waals surface area contributed by atoms with Gasteiger partial charge in [-0.3, -0.25) is 14.2 Å². The smallest absolute Gasteiger partial charge is 0.250 e. The fraction of sp³-hybridized carbons (Fsp3) is 0.235. The van der Waals surface area contributed by atoms with E-state index in [1.807, 2.05) is 43.5 Å². The van der Waals surface area contributed by atoms with Gasteiger partial charge in [-0.25, -0.2) is 0 Å². The van der Waals surface area contributed by atoms with Crippen molar-refractivity contribution in [3.63, 3.8) is 0 Å². The Labute approximate surface area is 145 Å². The topological polar surface area (TPSA) is 64.7 Å². The van der Waals surface area contributed by atoms with Gasteiger partial charge in [-0.05, 0) is 37.6 Å². The number of nitrogens with one attached hydrogen (secondary N) is 1. The number of hydrogen-bond donors (Lipinski definition) is 1. The zero-order chi connectivity index (χ0) is 17.1. The molecule has 0 radical (unpaired) electrons. The summed E-state index contributed by atoms with van der Waals surface area (Å²) < 4.78 is 3.43. The molecular formula is C17H18ClN5O. The Balaban J connectivity index is 1.65. The van der Waals surface area contributed by atoms with E-state index in [2.05, 4.69) is 15.5 Å². The van der Waals surface area contributed by atoms with Gasteiger partial charge in [-0.2, -0.15) is 10.2 Å². The molecule has 2 aromatic heterocycles. The number of benzene rings is 1. The van der Waals surface area contributed by atoms with Gasteiger partial charge in [0, 0.05) is 29.2 Å². The average molecular weight is 344 g/mol. The van der Waals surface area contributed by atoms with Crippen LogP contribution in [0.5, 0.6) is 0 Å². The first-order valence-electron chi connectivity index (χ1n) is 7.62. The molecular weight excluding hydrogens is 326 g/mol. The van der Waals surface area contributed by atoms with E-state index in [-0.39, 0.29) is 5.91 Å². The summed E-state index contributed by atoms with van der Waals surface area (Å²) in [5, 5.41) is 12.0. The second kappa shape index (κ2) is 6.88. The highest BCUT2D eigenvalue weighted by Gasteiger charge is 2.17. The van der Waals surface area contributed by atoms with Crippen LogP contribution in [0.15, 0.2) is 48.8 Å². The summed E-state index contributed by atoms with van der Waals surface area (Å²) in [5.74, 6) is 0.355. The molecule has 1 aromatic carbocycles. The van der Waals surface area contributed by atoms with Crippen molar-refractivity contribution in [1.82, 2.24) is 19.6 Å². The van der Waals surface area contributed by atoms with Gasteiger partial charge in [0.25, 0.3) is 0 Å². The summed E-state index contributed by atoms with van der Waals surface area (Å²) in [4.78, 5) is 12.3. The first kappa shape index (κ1) is 16.3. The second-order valence-corrected chi connectivity index (χ2v) is 6.05. The molecule has 0 saturated heterocycles. The van der Waals surface area contributed by atoms with Crippen LogP contribution in [0.4, 0.5) is 5.82 Å². The molecule has 24 heavy (non-hydrogen) atoms. The zero-order valence-electron chi connectivity index (χ0n) is 13.5. The number of nitrogens with zero attached hydrogens (tertiary/aromatic N) is 4. The van der Waals surface area contributed by atoms with Crippen LogP contribution in [0.1, 0.15) is 24.2 Å². The Morgan fingerprint density at radius 3 is 2.88 bits per heavy atom. The van der Waals surface area contributed by atoms with Gasteiger partial charge in [0.2, 0.25) is 5.91 Å². The lowest BCUT2D eigenvalue weighted by molar-refractivity contribution is -0.119. The summed E-state index contributed by atoms with van der Waals surface area (Å²) in [7, 11) is 0. The van der Waals surface area contributed by atoms with Gasteiger partial charge in [0.1, 0.15) is 6.04 Å². The SMILES string of the molecule is Cc1ccnn1C(C)C(=O)Nc1ccn(Cc2cccc(Cl)c2)n1. The number of aromatic nitrogens is 4. The maximum atomic E-state index is 12.3. The molecule has 0 spiro atoms. The molecule has 2 heterocycles. The highest BCUT2D eigenvalue weighted by Crippen LogP contribution is 2.14. The molecule has 0 saturated carbocycles.